The van der Waals surface area contributed by atoms with Crippen molar-refractivity contribution in [1.82, 2.24) is 0 Å². The number of benzene rings is 1. The third kappa shape index (κ3) is 3.91. The molecule has 0 heterocycles. The fourth-order valence-corrected chi connectivity index (χ4v) is 3.53. The second-order valence-electron chi connectivity index (χ2n) is 3.00. The van der Waals surface area contributed by atoms with Crippen LogP contribution in [-0.2, 0) is 0 Å². The summed E-state index contributed by atoms with van der Waals surface area (Å²) in [4.78, 5) is 3.24. The molecule has 0 spiro atoms. The molecule has 13 heavy (non-hydrogen) atoms. The minimum absolute atomic E-state index is 0.446. The predicted molar refractivity (Wildman–Crippen MR) is 63.4 cm³/mol. The fourth-order valence-electron chi connectivity index (χ4n) is 0.782. The summed E-state index contributed by atoms with van der Waals surface area (Å²) in [5.74, 6) is 3.62. The zero-order chi connectivity index (χ0) is 9.68. The van der Waals surface area contributed by atoms with Crippen LogP contribution in [0.4, 0.5) is 0 Å². The van der Waals surface area contributed by atoms with Crippen molar-refractivity contribution in [2.75, 3.05) is 0 Å². The molecule has 0 saturated carbocycles. The topological polar surface area (TPSA) is 0 Å². The fraction of sp³-hybridized carbons (Fsp3) is 0.273. The molecule has 0 aliphatic rings. The Balaban J connectivity index is 2.71. The molecule has 1 radical (unpaired) electrons. The van der Waals surface area contributed by atoms with Gasteiger partial charge in [0, 0.05) is 0 Å². The zero-order valence-electron chi connectivity index (χ0n) is 7.82. The van der Waals surface area contributed by atoms with E-state index in [0.29, 0.717) is 5.92 Å². The Morgan fingerprint density at radius 3 is 2.38 bits per heavy atom. The molecule has 0 unspecified atom stereocenters. The van der Waals surface area contributed by atoms with Crippen LogP contribution in [0.2, 0.25) is 0 Å². The molecule has 0 amide bonds. The molecule has 1 aromatic carbocycles. The summed E-state index contributed by atoms with van der Waals surface area (Å²) in [7, 11) is 0. The van der Waals surface area contributed by atoms with Crippen LogP contribution in [-0.4, -0.2) is 12.8 Å². The van der Waals surface area contributed by atoms with Crippen molar-refractivity contribution in [3.63, 3.8) is 0 Å². The van der Waals surface area contributed by atoms with Crippen LogP contribution in [0, 0.1) is 16.7 Å². The molecule has 0 nitrogen and oxygen atoms in total. The van der Waals surface area contributed by atoms with Gasteiger partial charge < -0.3 is 0 Å². The molecule has 2 heteroatoms. The van der Waals surface area contributed by atoms with Gasteiger partial charge in [-0.15, -0.1) is 0 Å². The molecule has 1 aromatic rings. The SMILES string of the molecule is CC(C)C#C[Se](S)c1ccccc1. The van der Waals surface area contributed by atoms with Crippen LogP contribution in [0.15, 0.2) is 30.3 Å². The Morgan fingerprint density at radius 2 is 1.85 bits per heavy atom. The van der Waals surface area contributed by atoms with Crippen molar-refractivity contribution < 1.29 is 0 Å². The number of hydrogen-bond donors (Lipinski definition) is 1. The van der Waals surface area contributed by atoms with E-state index in [1.165, 1.54) is 4.46 Å². The predicted octanol–water partition coefficient (Wildman–Crippen LogP) is 2.01. The molecule has 69 valence electrons. The molecular weight excluding hydrogens is 243 g/mol. The molecule has 0 aromatic heterocycles. The van der Waals surface area contributed by atoms with Gasteiger partial charge in [-0.25, -0.2) is 0 Å². The van der Waals surface area contributed by atoms with E-state index in [-0.39, 0.29) is 0 Å². The van der Waals surface area contributed by atoms with E-state index in [1.54, 1.807) is 0 Å². The maximum atomic E-state index is 4.55. The van der Waals surface area contributed by atoms with E-state index in [9.17, 15) is 0 Å². The van der Waals surface area contributed by atoms with Crippen LogP contribution in [0.5, 0.6) is 0 Å². The van der Waals surface area contributed by atoms with E-state index in [2.05, 4.69) is 47.8 Å². The molecule has 0 bridgehead atoms. The molecular formula is C11H13SSe. The summed E-state index contributed by atoms with van der Waals surface area (Å²) in [5, 5.41) is 0. The minimum atomic E-state index is -1.15. The molecule has 0 N–H and O–H groups in total. The van der Waals surface area contributed by atoms with Crippen LogP contribution < -0.4 is 4.46 Å². The van der Waals surface area contributed by atoms with Gasteiger partial charge in [-0.2, -0.15) is 0 Å². The van der Waals surface area contributed by atoms with E-state index in [4.69, 9.17) is 0 Å². The van der Waals surface area contributed by atoms with Crippen molar-refractivity contribution in [3.8, 4) is 10.7 Å². The van der Waals surface area contributed by atoms with Crippen LogP contribution >= 0.6 is 11.0 Å². The van der Waals surface area contributed by atoms with Gasteiger partial charge in [-0.1, -0.05) is 0 Å². The molecule has 0 aliphatic carbocycles. The Morgan fingerprint density at radius 1 is 1.23 bits per heavy atom. The average molecular weight is 256 g/mol. The Labute approximate surface area is 89.1 Å². The molecule has 0 atom stereocenters. The van der Waals surface area contributed by atoms with Gasteiger partial charge in [-0.05, 0) is 0 Å². The standard InChI is InChI=1S/C11H13SSe/c1-10(2)8-9-13(12)11-6-4-3-5-7-11/h3-7,10,12H,1-2H3. The van der Waals surface area contributed by atoms with Crippen molar-refractivity contribution >= 4 is 28.3 Å². The third-order valence-electron chi connectivity index (χ3n) is 1.41. The van der Waals surface area contributed by atoms with Gasteiger partial charge in [0.25, 0.3) is 0 Å². The van der Waals surface area contributed by atoms with Gasteiger partial charge in [0.05, 0.1) is 0 Å². The quantitative estimate of drug-likeness (QED) is 0.443. The molecule has 1 rings (SSSR count). The third-order valence-corrected chi connectivity index (χ3v) is 5.14. The molecule has 0 fully saturated rings. The van der Waals surface area contributed by atoms with Gasteiger partial charge in [0.1, 0.15) is 0 Å². The Hall–Kier alpha value is -0.351. The number of rotatable bonds is 1. The van der Waals surface area contributed by atoms with Gasteiger partial charge in [0.15, 0.2) is 0 Å². The van der Waals surface area contributed by atoms with Crippen LogP contribution in [0.1, 0.15) is 13.8 Å². The summed E-state index contributed by atoms with van der Waals surface area (Å²) in [5.41, 5.74) is 0. The first-order valence-corrected chi connectivity index (χ1v) is 8.57. The summed E-state index contributed by atoms with van der Waals surface area (Å²) in [6, 6.07) is 10.3. The second kappa shape index (κ2) is 5.39. The summed E-state index contributed by atoms with van der Waals surface area (Å²) in [6.45, 7) is 4.20. The molecule has 0 saturated heterocycles. The summed E-state index contributed by atoms with van der Waals surface area (Å²) in [6.07, 6.45) is 0. The van der Waals surface area contributed by atoms with E-state index in [1.807, 2.05) is 18.2 Å². The first-order chi connectivity index (χ1) is 6.20. The number of thiol groups is 1. The monoisotopic (exact) mass is 257 g/mol. The zero-order valence-corrected chi connectivity index (χ0v) is 10.4. The number of hydrogen-bond acceptors (Lipinski definition) is 1. The van der Waals surface area contributed by atoms with Gasteiger partial charge >= 0.3 is 89.1 Å². The normalized spacial score (nSPS) is 9.92. The Kier molecular flexibility index (Phi) is 4.45. The first kappa shape index (κ1) is 10.7. The van der Waals surface area contributed by atoms with Gasteiger partial charge in [-0.3, -0.25) is 0 Å². The Bertz CT molecular complexity index is 308. The van der Waals surface area contributed by atoms with Crippen LogP contribution in [0.25, 0.3) is 0 Å². The van der Waals surface area contributed by atoms with Crippen molar-refractivity contribution in [2.24, 2.45) is 5.92 Å². The van der Waals surface area contributed by atoms with Crippen molar-refractivity contribution in [3.05, 3.63) is 30.3 Å². The van der Waals surface area contributed by atoms with E-state index < -0.39 is 12.8 Å². The first-order valence-electron chi connectivity index (χ1n) is 4.19. The van der Waals surface area contributed by atoms with Gasteiger partial charge in [0.2, 0.25) is 0 Å². The van der Waals surface area contributed by atoms with Crippen LogP contribution in [0.3, 0.4) is 0 Å². The van der Waals surface area contributed by atoms with E-state index >= 15 is 0 Å². The summed E-state index contributed by atoms with van der Waals surface area (Å²) < 4.78 is 1.29. The maximum absolute atomic E-state index is 4.55. The van der Waals surface area contributed by atoms with Crippen molar-refractivity contribution in [1.29, 1.82) is 0 Å². The summed E-state index contributed by atoms with van der Waals surface area (Å²) >= 11 is 3.40. The van der Waals surface area contributed by atoms with E-state index in [0.717, 1.165) is 0 Å². The van der Waals surface area contributed by atoms with Crippen molar-refractivity contribution in [2.45, 2.75) is 13.8 Å². The average Bonchev–Trinajstić information content (AvgIpc) is 2.15. The second-order valence-corrected chi connectivity index (χ2v) is 7.51. The molecule has 0 aliphatic heterocycles.